The standard InChI is InChI=1S/C15H14N2O3/c1-19-15(18)13-10-16-11-14(17-13)20-9-5-8-12-6-3-2-4-7-12/h2-8,10-11H,9H2,1H3. The Bertz CT molecular complexity index is 597. The predicted octanol–water partition coefficient (Wildman–Crippen LogP) is 2.36. The molecule has 1 aromatic heterocycles. The van der Waals surface area contributed by atoms with Crippen molar-refractivity contribution in [3.05, 3.63) is 60.1 Å². The summed E-state index contributed by atoms with van der Waals surface area (Å²) in [6.45, 7) is 0.341. The van der Waals surface area contributed by atoms with Gasteiger partial charge in [-0.1, -0.05) is 36.4 Å². The number of carbonyl (C=O) groups excluding carboxylic acids is 1. The molecule has 0 bridgehead atoms. The number of hydrogen-bond donors (Lipinski definition) is 0. The van der Waals surface area contributed by atoms with Gasteiger partial charge in [-0.15, -0.1) is 0 Å². The summed E-state index contributed by atoms with van der Waals surface area (Å²) in [5, 5.41) is 0. The molecule has 1 heterocycles. The highest BCUT2D eigenvalue weighted by Crippen LogP contribution is 2.06. The average Bonchev–Trinajstić information content (AvgIpc) is 2.52. The van der Waals surface area contributed by atoms with Gasteiger partial charge in [-0.3, -0.25) is 4.98 Å². The van der Waals surface area contributed by atoms with Gasteiger partial charge in [0.1, 0.15) is 6.61 Å². The lowest BCUT2D eigenvalue weighted by Gasteiger charge is -2.03. The second kappa shape index (κ2) is 7.04. The van der Waals surface area contributed by atoms with Gasteiger partial charge in [0.25, 0.3) is 0 Å². The fourth-order valence-corrected chi connectivity index (χ4v) is 1.50. The molecule has 5 nitrogen and oxygen atoms in total. The maximum atomic E-state index is 11.3. The van der Waals surface area contributed by atoms with Crippen molar-refractivity contribution in [3.63, 3.8) is 0 Å². The fourth-order valence-electron chi connectivity index (χ4n) is 1.50. The van der Waals surface area contributed by atoms with Crippen LogP contribution in [-0.2, 0) is 4.74 Å². The third-order valence-electron chi connectivity index (χ3n) is 2.44. The van der Waals surface area contributed by atoms with E-state index in [1.54, 1.807) is 0 Å². The van der Waals surface area contributed by atoms with Crippen molar-refractivity contribution in [1.82, 2.24) is 9.97 Å². The van der Waals surface area contributed by atoms with Crippen molar-refractivity contribution in [2.75, 3.05) is 13.7 Å². The largest absolute Gasteiger partial charge is 0.472 e. The van der Waals surface area contributed by atoms with Gasteiger partial charge in [0.05, 0.1) is 19.5 Å². The van der Waals surface area contributed by atoms with Gasteiger partial charge in [0.15, 0.2) is 5.69 Å². The van der Waals surface area contributed by atoms with E-state index in [-0.39, 0.29) is 11.6 Å². The molecular weight excluding hydrogens is 256 g/mol. The molecule has 0 aliphatic rings. The number of rotatable bonds is 5. The molecule has 0 radical (unpaired) electrons. The zero-order valence-corrected chi connectivity index (χ0v) is 11.0. The lowest BCUT2D eigenvalue weighted by molar-refractivity contribution is 0.0592. The summed E-state index contributed by atoms with van der Waals surface area (Å²) in [5.74, 6) is -0.256. The number of methoxy groups -OCH3 is 1. The summed E-state index contributed by atoms with van der Waals surface area (Å²) >= 11 is 0. The van der Waals surface area contributed by atoms with Crippen LogP contribution in [0.3, 0.4) is 0 Å². The van der Waals surface area contributed by atoms with Crippen molar-refractivity contribution >= 4 is 12.0 Å². The molecule has 2 rings (SSSR count). The minimum atomic E-state index is -0.539. The van der Waals surface area contributed by atoms with Crippen molar-refractivity contribution in [2.24, 2.45) is 0 Å². The van der Waals surface area contributed by atoms with Crippen molar-refractivity contribution < 1.29 is 14.3 Å². The molecule has 0 atom stereocenters. The number of aromatic nitrogens is 2. The highest BCUT2D eigenvalue weighted by Gasteiger charge is 2.08. The first kappa shape index (κ1) is 13.7. The molecule has 5 heteroatoms. The van der Waals surface area contributed by atoms with Crippen molar-refractivity contribution in [3.8, 4) is 5.88 Å². The van der Waals surface area contributed by atoms with Crippen LogP contribution in [0.2, 0.25) is 0 Å². The minimum Gasteiger partial charge on any atom is -0.472 e. The molecule has 102 valence electrons. The summed E-state index contributed by atoms with van der Waals surface area (Å²) in [6, 6.07) is 9.88. The van der Waals surface area contributed by atoms with Crippen LogP contribution in [0, 0.1) is 0 Å². The van der Waals surface area contributed by atoms with E-state index in [1.807, 2.05) is 42.5 Å². The van der Waals surface area contributed by atoms with E-state index in [0.717, 1.165) is 5.56 Å². The third kappa shape index (κ3) is 3.91. The van der Waals surface area contributed by atoms with E-state index >= 15 is 0 Å². The molecule has 0 fully saturated rings. The molecule has 0 aliphatic carbocycles. The van der Waals surface area contributed by atoms with E-state index < -0.39 is 5.97 Å². The van der Waals surface area contributed by atoms with Crippen LogP contribution in [0.15, 0.2) is 48.8 Å². The van der Waals surface area contributed by atoms with E-state index in [4.69, 9.17) is 4.74 Å². The first-order valence-electron chi connectivity index (χ1n) is 6.04. The average molecular weight is 270 g/mol. The normalized spacial score (nSPS) is 10.4. The zero-order chi connectivity index (χ0) is 14.2. The molecule has 1 aromatic carbocycles. The van der Waals surface area contributed by atoms with Gasteiger partial charge < -0.3 is 9.47 Å². The van der Waals surface area contributed by atoms with E-state index in [0.29, 0.717) is 6.61 Å². The Kier molecular flexibility index (Phi) is 4.83. The Balaban J connectivity index is 1.91. The number of nitrogens with zero attached hydrogens (tertiary/aromatic N) is 2. The van der Waals surface area contributed by atoms with Gasteiger partial charge in [-0.25, -0.2) is 9.78 Å². The second-order valence-corrected chi connectivity index (χ2v) is 3.86. The van der Waals surface area contributed by atoms with Crippen LogP contribution >= 0.6 is 0 Å². The number of carbonyl (C=O) groups is 1. The Morgan fingerprint density at radius 1 is 1.25 bits per heavy atom. The number of esters is 1. The van der Waals surface area contributed by atoms with Crippen LogP contribution in [-0.4, -0.2) is 29.7 Å². The van der Waals surface area contributed by atoms with Crippen LogP contribution in [0.1, 0.15) is 16.1 Å². The molecule has 0 saturated heterocycles. The van der Waals surface area contributed by atoms with Gasteiger partial charge in [-0.05, 0) is 11.6 Å². The SMILES string of the molecule is COC(=O)c1cncc(OCC=Cc2ccccc2)n1. The summed E-state index contributed by atoms with van der Waals surface area (Å²) in [6.07, 6.45) is 6.58. The summed E-state index contributed by atoms with van der Waals surface area (Å²) in [7, 11) is 1.29. The number of ether oxygens (including phenoxy) is 2. The topological polar surface area (TPSA) is 61.3 Å². The molecule has 2 aromatic rings. The van der Waals surface area contributed by atoms with Gasteiger partial charge in [-0.2, -0.15) is 0 Å². The molecule has 0 aliphatic heterocycles. The molecule has 0 saturated carbocycles. The zero-order valence-electron chi connectivity index (χ0n) is 11.0. The van der Waals surface area contributed by atoms with E-state index in [9.17, 15) is 4.79 Å². The Labute approximate surface area is 116 Å². The quantitative estimate of drug-likeness (QED) is 0.780. The van der Waals surface area contributed by atoms with E-state index in [1.165, 1.54) is 19.5 Å². The molecular formula is C15H14N2O3. The van der Waals surface area contributed by atoms with Crippen LogP contribution in [0.4, 0.5) is 0 Å². The lowest BCUT2D eigenvalue weighted by atomic mass is 10.2. The summed E-state index contributed by atoms with van der Waals surface area (Å²) in [4.78, 5) is 19.2. The number of hydrogen-bond acceptors (Lipinski definition) is 5. The molecule has 0 N–H and O–H groups in total. The van der Waals surface area contributed by atoms with Gasteiger partial charge in [0, 0.05) is 0 Å². The Morgan fingerprint density at radius 2 is 2.05 bits per heavy atom. The smallest absolute Gasteiger partial charge is 0.358 e. The van der Waals surface area contributed by atoms with Crippen molar-refractivity contribution in [2.45, 2.75) is 0 Å². The first-order valence-corrected chi connectivity index (χ1v) is 6.04. The van der Waals surface area contributed by atoms with E-state index in [2.05, 4.69) is 14.7 Å². The van der Waals surface area contributed by atoms with Crippen LogP contribution in [0.5, 0.6) is 5.88 Å². The lowest BCUT2D eigenvalue weighted by Crippen LogP contribution is -2.06. The molecule has 0 amide bonds. The van der Waals surface area contributed by atoms with Crippen LogP contribution in [0.25, 0.3) is 6.08 Å². The summed E-state index contributed by atoms with van der Waals surface area (Å²) in [5.41, 5.74) is 1.21. The molecule has 20 heavy (non-hydrogen) atoms. The predicted molar refractivity (Wildman–Crippen MR) is 74.3 cm³/mol. The first-order chi connectivity index (χ1) is 9.79. The Morgan fingerprint density at radius 3 is 2.80 bits per heavy atom. The highest BCUT2D eigenvalue weighted by atomic mass is 16.5. The highest BCUT2D eigenvalue weighted by molar-refractivity contribution is 5.86. The van der Waals surface area contributed by atoms with Gasteiger partial charge in [0.2, 0.25) is 5.88 Å². The van der Waals surface area contributed by atoms with Gasteiger partial charge >= 0.3 is 5.97 Å². The van der Waals surface area contributed by atoms with Crippen molar-refractivity contribution in [1.29, 1.82) is 0 Å². The minimum absolute atomic E-state index is 0.122. The molecule has 0 spiro atoms. The second-order valence-electron chi connectivity index (χ2n) is 3.86. The Hall–Kier alpha value is -2.69. The monoisotopic (exact) mass is 270 g/mol. The number of benzene rings is 1. The van der Waals surface area contributed by atoms with Crippen LogP contribution < -0.4 is 4.74 Å². The fraction of sp³-hybridized carbons (Fsp3) is 0.133. The maximum Gasteiger partial charge on any atom is 0.358 e. The maximum absolute atomic E-state index is 11.3. The summed E-state index contributed by atoms with van der Waals surface area (Å²) < 4.78 is 9.96. The molecule has 0 unspecified atom stereocenters. The third-order valence-corrected chi connectivity index (χ3v) is 2.44.